The van der Waals surface area contributed by atoms with Crippen LogP contribution in [0.25, 0.3) is 0 Å². The highest BCUT2D eigenvalue weighted by Crippen LogP contribution is 2.44. The van der Waals surface area contributed by atoms with Gasteiger partial charge in [-0.15, -0.1) is 0 Å². The third-order valence-electron chi connectivity index (χ3n) is 4.71. The predicted octanol–water partition coefficient (Wildman–Crippen LogP) is 3.49. The quantitative estimate of drug-likeness (QED) is 0.357. The molecule has 0 heterocycles. The molecule has 8 heteroatoms. The monoisotopic (exact) mass is 447 g/mol. The minimum Gasteiger partial charge on any atom is -0.461 e. The molecule has 0 aliphatic carbocycles. The number of hydrogen-bond donors (Lipinski definition) is 2. The number of esters is 2. The van der Waals surface area contributed by atoms with Crippen LogP contribution < -0.4 is 5.73 Å². The van der Waals surface area contributed by atoms with Gasteiger partial charge in [-0.3, -0.25) is 14.2 Å². The van der Waals surface area contributed by atoms with Crippen molar-refractivity contribution in [2.75, 3.05) is 18.9 Å². The second-order valence-electron chi connectivity index (χ2n) is 7.37. The normalized spacial score (nSPS) is 13.7. The molecule has 0 saturated heterocycles. The Labute approximate surface area is 183 Å². The van der Waals surface area contributed by atoms with E-state index >= 15 is 0 Å². The molecule has 2 unspecified atom stereocenters. The Morgan fingerprint density at radius 2 is 1.48 bits per heavy atom. The Kier molecular flexibility index (Phi) is 10.4. The van der Waals surface area contributed by atoms with Crippen molar-refractivity contribution in [3.8, 4) is 0 Å². The van der Waals surface area contributed by atoms with Gasteiger partial charge in [0, 0.05) is 18.7 Å². The molecule has 0 bridgehead atoms. The summed E-state index contributed by atoms with van der Waals surface area (Å²) in [7, 11) is -3.57. The van der Waals surface area contributed by atoms with Crippen LogP contribution in [-0.2, 0) is 36.8 Å². The molecule has 7 nitrogen and oxygen atoms in total. The molecule has 0 aliphatic heterocycles. The zero-order valence-electron chi connectivity index (χ0n) is 17.5. The zero-order chi connectivity index (χ0) is 22.5. The predicted molar refractivity (Wildman–Crippen MR) is 118 cm³/mol. The highest BCUT2D eigenvalue weighted by Gasteiger charge is 2.30. The fraction of sp³-hybridized carbons (Fsp3) is 0.391. The van der Waals surface area contributed by atoms with Crippen LogP contribution in [0.5, 0.6) is 0 Å². The fourth-order valence-corrected chi connectivity index (χ4v) is 4.89. The van der Waals surface area contributed by atoms with E-state index in [0.29, 0.717) is 13.0 Å². The summed E-state index contributed by atoms with van der Waals surface area (Å²) in [5.41, 5.74) is 7.10. The molecule has 0 amide bonds. The average molecular weight is 447 g/mol. The molecule has 0 saturated carbocycles. The van der Waals surface area contributed by atoms with Crippen LogP contribution in [0, 0.1) is 5.92 Å². The van der Waals surface area contributed by atoms with Gasteiger partial charge in [0.1, 0.15) is 13.2 Å². The van der Waals surface area contributed by atoms with Crippen molar-refractivity contribution < 1.29 is 28.5 Å². The van der Waals surface area contributed by atoms with Gasteiger partial charge in [-0.2, -0.15) is 0 Å². The summed E-state index contributed by atoms with van der Waals surface area (Å²) in [5.74, 6) is -1.94. The zero-order valence-corrected chi connectivity index (χ0v) is 18.4. The third-order valence-corrected chi connectivity index (χ3v) is 6.74. The van der Waals surface area contributed by atoms with Gasteiger partial charge in [0.2, 0.25) is 7.37 Å². The van der Waals surface area contributed by atoms with E-state index in [-0.39, 0.29) is 38.4 Å². The van der Waals surface area contributed by atoms with Crippen molar-refractivity contribution in [3.63, 3.8) is 0 Å². The minimum atomic E-state index is -3.57. The Morgan fingerprint density at radius 3 is 2.03 bits per heavy atom. The highest BCUT2D eigenvalue weighted by molar-refractivity contribution is 7.58. The summed E-state index contributed by atoms with van der Waals surface area (Å²) in [6, 6.07) is 18.4. The molecule has 0 radical (unpaired) electrons. The van der Waals surface area contributed by atoms with Gasteiger partial charge in [0.25, 0.3) is 0 Å². The topological polar surface area (TPSA) is 116 Å². The van der Waals surface area contributed by atoms with Gasteiger partial charge < -0.3 is 20.1 Å². The van der Waals surface area contributed by atoms with Crippen LogP contribution in [0.1, 0.15) is 30.4 Å². The van der Waals surface area contributed by atoms with Crippen molar-refractivity contribution in [2.24, 2.45) is 11.7 Å². The van der Waals surface area contributed by atoms with Crippen LogP contribution >= 0.6 is 7.37 Å². The number of benzene rings is 2. The van der Waals surface area contributed by atoms with E-state index < -0.39 is 25.2 Å². The van der Waals surface area contributed by atoms with E-state index in [1.54, 1.807) is 0 Å². The molecule has 2 aromatic rings. The summed E-state index contributed by atoms with van der Waals surface area (Å²) in [4.78, 5) is 35.0. The van der Waals surface area contributed by atoms with Crippen molar-refractivity contribution in [2.45, 2.75) is 32.5 Å². The summed E-state index contributed by atoms with van der Waals surface area (Å²) < 4.78 is 23.1. The molecular formula is C23H30NO6P. The molecule has 31 heavy (non-hydrogen) atoms. The second kappa shape index (κ2) is 13.1. The number of nitrogens with two attached hydrogens (primary N) is 1. The van der Waals surface area contributed by atoms with E-state index in [9.17, 15) is 19.0 Å². The summed E-state index contributed by atoms with van der Waals surface area (Å²) in [5, 5.41) is 0. The van der Waals surface area contributed by atoms with E-state index in [1.165, 1.54) is 0 Å². The van der Waals surface area contributed by atoms with Crippen LogP contribution in [0.3, 0.4) is 0 Å². The first-order chi connectivity index (χ1) is 14.9. The van der Waals surface area contributed by atoms with Crippen LogP contribution in [0.15, 0.2) is 60.7 Å². The maximum Gasteiger partial charge on any atom is 0.309 e. The smallest absolute Gasteiger partial charge is 0.309 e. The number of carbonyl (C=O) groups is 2. The third kappa shape index (κ3) is 9.92. The Bertz CT molecular complexity index is 859. The first-order valence-corrected chi connectivity index (χ1v) is 12.3. The first kappa shape index (κ1) is 24.8. The van der Waals surface area contributed by atoms with E-state index in [4.69, 9.17) is 15.2 Å². The van der Waals surface area contributed by atoms with Gasteiger partial charge in [0.05, 0.1) is 5.92 Å². The van der Waals surface area contributed by atoms with Gasteiger partial charge in [-0.25, -0.2) is 0 Å². The molecule has 0 aromatic heterocycles. The molecule has 2 atom stereocenters. The van der Waals surface area contributed by atoms with Gasteiger partial charge >= 0.3 is 11.9 Å². The van der Waals surface area contributed by atoms with E-state index in [2.05, 4.69) is 0 Å². The maximum absolute atomic E-state index is 12.6. The Balaban J connectivity index is 1.92. The summed E-state index contributed by atoms with van der Waals surface area (Å²) in [6.07, 6.45) is 0.207. The molecule has 2 rings (SSSR count). The Morgan fingerprint density at radius 1 is 0.935 bits per heavy atom. The second-order valence-corrected chi connectivity index (χ2v) is 9.87. The standard InChI is InChI=1S/C23H30NO6P/c24-14-7-15-31(27,28)18-21(23(26)30-17-20-10-5-2-6-11-20)12-13-22(25)29-16-19-8-3-1-4-9-19/h1-6,8-11,21H,7,12-18,24H2,(H,27,28). The fourth-order valence-electron chi connectivity index (χ4n) is 3.01. The number of rotatable bonds is 13. The number of ether oxygens (including phenoxy) is 2. The molecule has 168 valence electrons. The van der Waals surface area contributed by atoms with Crippen LogP contribution in [-0.4, -0.2) is 35.7 Å². The Hall–Kier alpha value is -2.47. The van der Waals surface area contributed by atoms with E-state index in [1.807, 2.05) is 60.7 Å². The first-order valence-electron chi connectivity index (χ1n) is 10.3. The summed E-state index contributed by atoms with van der Waals surface area (Å²) in [6.45, 7) is 0.491. The average Bonchev–Trinajstić information content (AvgIpc) is 2.78. The lowest BCUT2D eigenvalue weighted by molar-refractivity contribution is -0.150. The van der Waals surface area contributed by atoms with Crippen molar-refractivity contribution >= 4 is 19.3 Å². The lowest BCUT2D eigenvalue weighted by Gasteiger charge is -2.19. The van der Waals surface area contributed by atoms with Gasteiger partial charge in [0.15, 0.2) is 0 Å². The molecule has 2 aromatic carbocycles. The van der Waals surface area contributed by atoms with Gasteiger partial charge in [-0.1, -0.05) is 60.7 Å². The molecule has 0 spiro atoms. The lowest BCUT2D eigenvalue weighted by Crippen LogP contribution is -2.23. The number of hydrogen-bond acceptors (Lipinski definition) is 6. The van der Waals surface area contributed by atoms with Crippen LogP contribution in [0.2, 0.25) is 0 Å². The van der Waals surface area contributed by atoms with Crippen molar-refractivity contribution in [3.05, 3.63) is 71.8 Å². The van der Waals surface area contributed by atoms with E-state index in [0.717, 1.165) is 11.1 Å². The molecule has 0 aliphatic rings. The molecular weight excluding hydrogens is 417 g/mol. The summed E-state index contributed by atoms with van der Waals surface area (Å²) >= 11 is 0. The maximum atomic E-state index is 12.6. The highest BCUT2D eigenvalue weighted by atomic mass is 31.2. The van der Waals surface area contributed by atoms with Gasteiger partial charge in [-0.05, 0) is 30.5 Å². The minimum absolute atomic E-state index is 0.0322. The SMILES string of the molecule is NCCCP(=O)(O)CC(CCC(=O)OCc1ccccc1)C(=O)OCc1ccccc1. The van der Waals surface area contributed by atoms with Crippen molar-refractivity contribution in [1.29, 1.82) is 0 Å². The van der Waals surface area contributed by atoms with Crippen LogP contribution in [0.4, 0.5) is 0 Å². The van der Waals surface area contributed by atoms with Crippen molar-refractivity contribution in [1.82, 2.24) is 0 Å². The lowest BCUT2D eigenvalue weighted by atomic mass is 10.1. The number of carbonyl (C=O) groups excluding carboxylic acids is 2. The largest absolute Gasteiger partial charge is 0.461 e. The molecule has 3 N–H and O–H groups in total. The molecule has 0 fully saturated rings.